The molecule has 2 heterocycles. The van der Waals surface area contributed by atoms with Crippen molar-refractivity contribution in [1.82, 2.24) is 14.9 Å². The van der Waals surface area contributed by atoms with Crippen molar-refractivity contribution in [3.05, 3.63) is 11.9 Å². The monoisotopic (exact) mass is 263 g/mol. The van der Waals surface area contributed by atoms with Crippen molar-refractivity contribution >= 4 is 11.6 Å². The minimum Gasteiger partial charge on any atom is -0.384 e. The average molecular weight is 263 g/mol. The first-order valence-corrected chi connectivity index (χ1v) is 7.22. The fourth-order valence-corrected chi connectivity index (χ4v) is 2.47. The number of hydrogen-bond acceptors (Lipinski definition) is 5. The first kappa shape index (κ1) is 14.1. The maximum Gasteiger partial charge on any atom is 0.134 e. The van der Waals surface area contributed by atoms with Gasteiger partial charge in [0.15, 0.2) is 0 Å². The maximum atomic E-state index is 5.88. The van der Waals surface area contributed by atoms with Crippen molar-refractivity contribution in [2.24, 2.45) is 0 Å². The van der Waals surface area contributed by atoms with Gasteiger partial charge >= 0.3 is 0 Å². The molecule has 0 amide bonds. The van der Waals surface area contributed by atoms with Gasteiger partial charge in [0.1, 0.15) is 17.5 Å². The second-order valence-electron chi connectivity index (χ2n) is 5.43. The molecule has 1 aliphatic rings. The third-order valence-electron chi connectivity index (χ3n) is 3.62. The van der Waals surface area contributed by atoms with Gasteiger partial charge in [-0.2, -0.15) is 0 Å². The van der Waals surface area contributed by atoms with Crippen LogP contribution in [0.15, 0.2) is 6.07 Å². The molecule has 0 saturated carbocycles. The lowest BCUT2D eigenvalue weighted by Crippen LogP contribution is -2.49. The summed E-state index contributed by atoms with van der Waals surface area (Å²) >= 11 is 0. The van der Waals surface area contributed by atoms with E-state index in [9.17, 15) is 0 Å². The number of anilines is 2. The largest absolute Gasteiger partial charge is 0.384 e. The van der Waals surface area contributed by atoms with E-state index >= 15 is 0 Å². The predicted molar refractivity (Wildman–Crippen MR) is 79.4 cm³/mol. The van der Waals surface area contributed by atoms with Crippen LogP contribution in [0.25, 0.3) is 0 Å². The van der Waals surface area contributed by atoms with E-state index < -0.39 is 0 Å². The van der Waals surface area contributed by atoms with Gasteiger partial charge in [-0.25, -0.2) is 9.97 Å². The normalized spacial score (nSPS) is 17.2. The van der Waals surface area contributed by atoms with Crippen molar-refractivity contribution in [3.63, 3.8) is 0 Å². The lowest BCUT2D eigenvalue weighted by molar-refractivity contribution is 0.209. The molecular weight excluding hydrogens is 238 g/mol. The van der Waals surface area contributed by atoms with Crippen molar-refractivity contribution in [2.75, 3.05) is 36.8 Å². The third-order valence-corrected chi connectivity index (χ3v) is 3.62. The second-order valence-corrected chi connectivity index (χ2v) is 5.43. The lowest BCUT2D eigenvalue weighted by atomic mass is 10.2. The quantitative estimate of drug-likeness (QED) is 0.893. The third kappa shape index (κ3) is 3.56. The van der Waals surface area contributed by atoms with Gasteiger partial charge in [0.25, 0.3) is 0 Å². The summed E-state index contributed by atoms with van der Waals surface area (Å²) in [6.07, 6.45) is 1.94. The Bertz CT molecular complexity index is 410. The van der Waals surface area contributed by atoms with Crippen LogP contribution in [0.3, 0.4) is 0 Å². The molecule has 2 rings (SSSR count). The van der Waals surface area contributed by atoms with Crippen LogP contribution in [0.5, 0.6) is 0 Å². The summed E-state index contributed by atoms with van der Waals surface area (Å²) in [6.45, 7) is 10.8. The number of rotatable bonds is 4. The number of nitrogens with two attached hydrogens (primary N) is 1. The van der Waals surface area contributed by atoms with E-state index in [1.165, 1.54) is 0 Å². The van der Waals surface area contributed by atoms with Crippen LogP contribution in [-0.2, 0) is 6.42 Å². The first-order valence-electron chi connectivity index (χ1n) is 7.22. The molecule has 2 N–H and O–H groups in total. The molecular formula is C14H25N5. The van der Waals surface area contributed by atoms with Gasteiger partial charge in [0.05, 0.1) is 0 Å². The Morgan fingerprint density at radius 2 is 1.89 bits per heavy atom. The molecule has 1 fully saturated rings. The summed E-state index contributed by atoms with van der Waals surface area (Å²) < 4.78 is 0. The summed E-state index contributed by atoms with van der Waals surface area (Å²) in [7, 11) is 0. The average Bonchev–Trinajstić information content (AvgIpc) is 2.38. The van der Waals surface area contributed by atoms with Crippen LogP contribution in [-0.4, -0.2) is 47.1 Å². The maximum absolute atomic E-state index is 5.88. The van der Waals surface area contributed by atoms with Crippen molar-refractivity contribution in [2.45, 2.75) is 39.7 Å². The van der Waals surface area contributed by atoms with Crippen molar-refractivity contribution in [3.8, 4) is 0 Å². The van der Waals surface area contributed by atoms with Gasteiger partial charge in [-0.1, -0.05) is 6.92 Å². The number of piperazine rings is 1. The molecule has 0 radical (unpaired) electrons. The zero-order chi connectivity index (χ0) is 13.8. The Kier molecular flexibility index (Phi) is 4.58. The van der Waals surface area contributed by atoms with Gasteiger partial charge < -0.3 is 10.6 Å². The Labute approximate surface area is 115 Å². The van der Waals surface area contributed by atoms with Gasteiger partial charge in [-0.05, 0) is 20.3 Å². The summed E-state index contributed by atoms with van der Waals surface area (Å²) in [4.78, 5) is 13.7. The molecule has 0 bridgehead atoms. The lowest BCUT2D eigenvalue weighted by Gasteiger charge is -2.37. The van der Waals surface area contributed by atoms with Crippen molar-refractivity contribution < 1.29 is 0 Å². The van der Waals surface area contributed by atoms with Gasteiger partial charge in [0, 0.05) is 44.7 Å². The topological polar surface area (TPSA) is 58.3 Å². The Morgan fingerprint density at radius 1 is 1.21 bits per heavy atom. The summed E-state index contributed by atoms with van der Waals surface area (Å²) in [5.41, 5.74) is 5.88. The molecule has 0 unspecified atom stereocenters. The smallest absolute Gasteiger partial charge is 0.134 e. The molecule has 0 atom stereocenters. The van der Waals surface area contributed by atoms with Crippen LogP contribution in [0.4, 0.5) is 11.6 Å². The fourth-order valence-electron chi connectivity index (χ4n) is 2.47. The van der Waals surface area contributed by atoms with Crippen LogP contribution in [0.2, 0.25) is 0 Å². The van der Waals surface area contributed by atoms with E-state index in [-0.39, 0.29) is 0 Å². The molecule has 0 aromatic carbocycles. The van der Waals surface area contributed by atoms with E-state index in [0.29, 0.717) is 11.9 Å². The molecule has 0 spiro atoms. The van der Waals surface area contributed by atoms with Crippen LogP contribution in [0.1, 0.15) is 33.0 Å². The van der Waals surface area contributed by atoms with Gasteiger partial charge in [0.2, 0.25) is 0 Å². The molecule has 1 aromatic heterocycles. The zero-order valence-corrected chi connectivity index (χ0v) is 12.3. The Hall–Kier alpha value is -1.36. The molecule has 19 heavy (non-hydrogen) atoms. The molecule has 5 heteroatoms. The highest BCUT2D eigenvalue weighted by Crippen LogP contribution is 2.17. The van der Waals surface area contributed by atoms with Crippen LogP contribution >= 0.6 is 0 Å². The predicted octanol–water partition coefficient (Wildman–Crippen LogP) is 1.54. The molecule has 1 aromatic rings. The van der Waals surface area contributed by atoms with Gasteiger partial charge in [-0.3, -0.25) is 4.90 Å². The van der Waals surface area contributed by atoms with Crippen LogP contribution in [0, 0.1) is 0 Å². The number of hydrogen-bond donors (Lipinski definition) is 1. The minimum atomic E-state index is 0.583. The summed E-state index contributed by atoms with van der Waals surface area (Å²) in [5.74, 6) is 2.43. The highest BCUT2D eigenvalue weighted by molar-refractivity contribution is 5.47. The molecule has 1 aliphatic heterocycles. The number of aryl methyl sites for hydroxylation is 1. The Balaban J connectivity index is 2.06. The highest BCUT2D eigenvalue weighted by Gasteiger charge is 2.20. The van der Waals surface area contributed by atoms with E-state index in [2.05, 4.69) is 40.5 Å². The minimum absolute atomic E-state index is 0.583. The molecule has 5 nitrogen and oxygen atoms in total. The fraction of sp³-hybridized carbons (Fsp3) is 0.714. The van der Waals surface area contributed by atoms with Gasteiger partial charge in [-0.15, -0.1) is 0 Å². The number of aromatic nitrogens is 2. The standard InChI is InChI=1S/C14H25N5/c1-4-5-13-16-12(15)10-14(17-13)19-8-6-18(7-9-19)11(2)3/h10-11H,4-9H2,1-3H3,(H2,15,16,17). The van der Waals surface area contributed by atoms with E-state index in [0.717, 1.165) is 50.7 Å². The van der Waals surface area contributed by atoms with E-state index in [1.54, 1.807) is 0 Å². The molecule has 106 valence electrons. The Morgan fingerprint density at radius 3 is 2.47 bits per heavy atom. The second kappa shape index (κ2) is 6.19. The van der Waals surface area contributed by atoms with E-state index in [4.69, 9.17) is 5.73 Å². The first-order chi connectivity index (χ1) is 9.10. The number of nitrogen functional groups attached to an aromatic ring is 1. The number of nitrogens with zero attached hydrogens (tertiary/aromatic N) is 4. The van der Waals surface area contributed by atoms with Crippen molar-refractivity contribution in [1.29, 1.82) is 0 Å². The summed E-state index contributed by atoms with van der Waals surface area (Å²) in [5, 5.41) is 0. The van der Waals surface area contributed by atoms with Crippen LogP contribution < -0.4 is 10.6 Å². The SMILES string of the molecule is CCCc1nc(N)cc(N2CCN(C(C)C)CC2)n1. The highest BCUT2D eigenvalue weighted by atomic mass is 15.3. The molecule has 0 aliphatic carbocycles. The molecule has 1 saturated heterocycles. The zero-order valence-electron chi connectivity index (χ0n) is 12.3. The van der Waals surface area contributed by atoms with E-state index in [1.807, 2.05) is 6.07 Å². The summed E-state index contributed by atoms with van der Waals surface area (Å²) in [6, 6.07) is 2.51.